The van der Waals surface area contributed by atoms with E-state index < -0.39 is 0 Å². The quantitative estimate of drug-likeness (QED) is 0.809. The molecule has 1 aromatic carbocycles. The zero-order chi connectivity index (χ0) is 17.1. The van der Waals surface area contributed by atoms with E-state index in [4.69, 9.17) is 27.9 Å². The molecule has 1 atom stereocenters. The van der Waals surface area contributed by atoms with Crippen LogP contribution in [0.15, 0.2) is 18.2 Å². The Kier molecular flexibility index (Phi) is 7.34. The second-order valence-electron chi connectivity index (χ2n) is 5.80. The van der Waals surface area contributed by atoms with Gasteiger partial charge in [-0.2, -0.15) is 0 Å². The lowest BCUT2D eigenvalue weighted by Crippen LogP contribution is -2.57. The van der Waals surface area contributed by atoms with Gasteiger partial charge < -0.3 is 19.9 Å². The highest BCUT2D eigenvalue weighted by Crippen LogP contribution is 2.26. The molecule has 0 bridgehead atoms. The fraction of sp³-hybridized carbons (Fsp3) is 0.500. The van der Waals surface area contributed by atoms with E-state index in [0.29, 0.717) is 56.5 Å². The third kappa shape index (κ3) is 4.57. The lowest BCUT2D eigenvalue weighted by Gasteiger charge is -2.37. The molecule has 0 aliphatic carbocycles. The van der Waals surface area contributed by atoms with Gasteiger partial charge in [0, 0.05) is 32.7 Å². The Labute approximate surface area is 162 Å². The molecule has 2 heterocycles. The van der Waals surface area contributed by atoms with Gasteiger partial charge in [-0.1, -0.05) is 29.3 Å². The van der Waals surface area contributed by atoms with Gasteiger partial charge in [0.25, 0.3) is 5.91 Å². The molecule has 138 valence electrons. The first-order chi connectivity index (χ1) is 11.6. The Balaban J connectivity index is 0.00000225. The van der Waals surface area contributed by atoms with E-state index in [0.717, 1.165) is 0 Å². The molecular weight excluding hydrogens is 389 g/mol. The van der Waals surface area contributed by atoms with Crippen LogP contribution in [0.5, 0.6) is 0 Å². The van der Waals surface area contributed by atoms with Crippen molar-refractivity contribution >= 4 is 47.4 Å². The number of rotatable bonds is 2. The first kappa shape index (κ1) is 20.3. The Morgan fingerprint density at radius 1 is 1.12 bits per heavy atom. The van der Waals surface area contributed by atoms with Crippen molar-refractivity contribution in [2.24, 2.45) is 0 Å². The summed E-state index contributed by atoms with van der Waals surface area (Å²) < 4.78 is 5.33. The van der Waals surface area contributed by atoms with Gasteiger partial charge in [0.2, 0.25) is 5.91 Å². The summed E-state index contributed by atoms with van der Waals surface area (Å²) in [6.07, 6.45) is 0. The van der Waals surface area contributed by atoms with Gasteiger partial charge in [0.05, 0.1) is 28.8 Å². The van der Waals surface area contributed by atoms with Crippen molar-refractivity contribution < 1.29 is 14.3 Å². The molecule has 1 N–H and O–H groups in total. The molecule has 2 amide bonds. The number of hydrogen-bond acceptors (Lipinski definition) is 4. The lowest BCUT2D eigenvalue weighted by atomic mass is 10.1. The predicted molar refractivity (Wildman–Crippen MR) is 98.8 cm³/mol. The van der Waals surface area contributed by atoms with Gasteiger partial charge in [-0.25, -0.2) is 0 Å². The summed E-state index contributed by atoms with van der Waals surface area (Å²) in [4.78, 5) is 28.5. The van der Waals surface area contributed by atoms with Gasteiger partial charge in [-0.3, -0.25) is 9.59 Å². The highest BCUT2D eigenvalue weighted by molar-refractivity contribution is 6.43. The largest absolute Gasteiger partial charge is 0.378 e. The Morgan fingerprint density at radius 3 is 2.44 bits per heavy atom. The summed E-state index contributed by atoms with van der Waals surface area (Å²) in [5.74, 6) is -0.128. The number of nitrogens with one attached hydrogen (secondary N) is 1. The molecule has 0 saturated carbocycles. The molecule has 3 rings (SSSR count). The van der Waals surface area contributed by atoms with Crippen molar-refractivity contribution in [3.05, 3.63) is 33.8 Å². The molecule has 2 fully saturated rings. The van der Waals surface area contributed by atoms with Gasteiger partial charge in [0.1, 0.15) is 6.04 Å². The van der Waals surface area contributed by atoms with E-state index in [2.05, 4.69) is 5.32 Å². The first-order valence-electron chi connectivity index (χ1n) is 7.91. The van der Waals surface area contributed by atoms with Crippen LogP contribution in [0.4, 0.5) is 0 Å². The number of ether oxygens (including phenoxy) is 1. The number of hydrogen-bond donors (Lipinski definition) is 1. The standard InChI is InChI=1S/C16H19Cl2N3O3.ClH/c17-12-3-1-2-11(14(12)18)15(22)20-5-7-21(8-6-20)16(23)13-10-24-9-4-19-13;/h1-3,13,19H,4-10H2;1H. The first-order valence-corrected chi connectivity index (χ1v) is 8.66. The minimum atomic E-state index is -0.289. The molecule has 1 aromatic rings. The number of morpholine rings is 1. The zero-order valence-electron chi connectivity index (χ0n) is 13.5. The second kappa shape index (κ2) is 9.05. The molecular formula is C16H20Cl3N3O3. The summed E-state index contributed by atoms with van der Waals surface area (Å²) in [6, 6.07) is 4.73. The maximum Gasteiger partial charge on any atom is 0.255 e. The average Bonchev–Trinajstić information content (AvgIpc) is 2.64. The minimum Gasteiger partial charge on any atom is -0.378 e. The van der Waals surface area contributed by atoms with Crippen molar-refractivity contribution in [3.8, 4) is 0 Å². The molecule has 2 aliphatic rings. The smallest absolute Gasteiger partial charge is 0.255 e. The summed E-state index contributed by atoms with van der Waals surface area (Å²) >= 11 is 12.1. The van der Waals surface area contributed by atoms with E-state index >= 15 is 0 Å². The van der Waals surface area contributed by atoms with Crippen LogP contribution in [0.2, 0.25) is 10.0 Å². The molecule has 6 nitrogen and oxygen atoms in total. The molecule has 2 aliphatic heterocycles. The maximum atomic E-state index is 12.6. The topological polar surface area (TPSA) is 61.9 Å². The highest BCUT2D eigenvalue weighted by Gasteiger charge is 2.30. The van der Waals surface area contributed by atoms with Gasteiger partial charge >= 0.3 is 0 Å². The third-order valence-corrected chi connectivity index (χ3v) is 5.10. The number of nitrogens with zero attached hydrogens (tertiary/aromatic N) is 2. The van der Waals surface area contributed by atoms with Crippen LogP contribution < -0.4 is 5.32 Å². The SMILES string of the molecule is Cl.O=C(c1cccc(Cl)c1Cl)N1CCN(C(=O)C2COCCN2)CC1. The van der Waals surface area contributed by atoms with Crippen LogP contribution in [0.1, 0.15) is 10.4 Å². The average molecular weight is 409 g/mol. The molecule has 0 aromatic heterocycles. The van der Waals surface area contributed by atoms with Crippen molar-refractivity contribution in [2.45, 2.75) is 6.04 Å². The van der Waals surface area contributed by atoms with Crippen LogP contribution in [0.25, 0.3) is 0 Å². The fourth-order valence-electron chi connectivity index (χ4n) is 2.91. The molecule has 1 unspecified atom stereocenters. The summed E-state index contributed by atoms with van der Waals surface area (Å²) in [7, 11) is 0. The predicted octanol–water partition coefficient (Wildman–Crippen LogP) is 1.69. The van der Waals surface area contributed by atoms with Crippen LogP contribution in [0, 0.1) is 0 Å². The van der Waals surface area contributed by atoms with Gasteiger partial charge in [-0.15, -0.1) is 12.4 Å². The molecule has 0 spiro atoms. The van der Waals surface area contributed by atoms with Crippen molar-refractivity contribution in [3.63, 3.8) is 0 Å². The van der Waals surface area contributed by atoms with Gasteiger partial charge in [-0.05, 0) is 12.1 Å². The highest BCUT2D eigenvalue weighted by atomic mass is 35.5. The van der Waals surface area contributed by atoms with E-state index in [1.807, 2.05) is 0 Å². The van der Waals surface area contributed by atoms with E-state index in [1.54, 1.807) is 28.0 Å². The van der Waals surface area contributed by atoms with Crippen LogP contribution >= 0.6 is 35.6 Å². The molecule has 9 heteroatoms. The van der Waals surface area contributed by atoms with E-state index in [9.17, 15) is 9.59 Å². The number of carbonyl (C=O) groups is 2. The van der Waals surface area contributed by atoms with E-state index in [1.165, 1.54) is 0 Å². The Bertz CT molecular complexity index is 630. The normalized spacial score (nSPS) is 20.8. The molecule has 25 heavy (non-hydrogen) atoms. The summed E-state index contributed by atoms with van der Waals surface area (Å²) in [5.41, 5.74) is 0.395. The molecule has 2 saturated heterocycles. The van der Waals surface area contributed by atoms with Crippen LogP contribution in [0.3, 0.4) is 0 Å². The van der Waals surface area contributed by atoms with Crippen molar-refractivity contribution in [1.29, 1.82) is 0 Å². The number of halogens is 3. The molecule has 0 radical (unpaired) electrons. The van der Waals surface area contributed by atoms with Crippen molar-refractivity contribution in [2.75, 3.05) is 45.9 Å². The Morgan fingerprint density at radius 2 is 1.80 bits per heavy atom. The monoisotopic (exact) mass is 407 g/mol. The number of piperazine rings is 1. The fourth-order valence-corrected chi connectivity index (χ4v) is 3.30. The number of benzene rings is 1. The summed E-state index contributed by atoms with van der Waals surface area (Å²) in [5, 5.41) is 3.79. The van der Waals surface area contributed by atoms with Crippen LogP contribution in [-0.2, 0) is 9.53 Å². The minimum absolute atomic E-state index is 0. The summed E-state index contributed by atoms with van der Waals surface area (Å²) in [6.45, 7) is 3.66. The van der Waals surface area contributed by atoms with Crippen molar-refractivity contribution in [1.82, 2.24) is 15.1 Å². The maximum absolute atomic E-state index is 12.6. The van der Waals surface area contributed by atoms with Gasteiger partial charge in [0.15, 0.2) is 0 Å². The third-order valence-electron chi connectivity index (χ3n) is 4.28. The second-order valence-corrected chi connectivity index (χ2v) is 6.59. The number of carbonyl (C=O) groups excluding carboxylic acids is 2. The van der Waals surface area contributed by atoms with E-state index in [-0.39, 0.29) is 35.3 Å². The van der Waals surface area contributed by atoms with Crippen LogP contribution in [-0.4, -0.2) is 73.6 Å². The number of amides is 2. The zero-order valence-corrected chi connectivity index (χ0v) is 15.9. The lowest BCUT2D eigenvalue weighted by molar-refractivity contribution is -0.137. The Hall–Kier alpha value is -1.05.